The molecule has 0 spiro atoms. The van der Waals surface area contributed by atoms with E-state index in [1.54, 1.807) is 0 Å². The predicted octanol–water partition coefficient (Wildman–Crippen LogP) is 4.11. The average Bonchev–Trinajstić information content (AvgIpc) is 3.09. The van der Waals surface area contributed by atoms with E-state index in [9.17, 15) is 26.7 Å². The molecular formula is C12H17F5O2. The minimum atomic E-state index is -4.99. The summed E-state index contributed by atoms with van der Waals surface area (Å²) in [6.07, 6.45) is -6.28. The van der Waals surface area contributed by atoms with E-state index in [1.807, 2.05) is 13.8 Å². The molecule has 1 saturated carbocycles. The molecule has 1 fully saturated rings. The number of hydrogen-bond donors (Lipinski definition) is 0. The Kier molecular flexibility index (Phi) is 5.53. The third kappa shape index (κ3) is 3.67. The van der Waals surface area contributed by atoms with E-state index in [2.05, 4.69) is 11.3 Å². The van der Waals surface area contributed by atoms with Gasteiger partial charge in [0, 0.05) is 5.57 Å². The number of carbonyl (C=O) groups excluding carboxylic acids is 1. The maximum Gasteiger partial charge on any atom is 0.400 e. The summed E-state index contributed by atoms with van der Waals surface area (Å²) in [6.45, 7) is 6.79. The topological polar surface area (TPSA) is 26.3 Å². The molecule has 0 aromatic carbocycles. The summed E-state index contributed by atoms with van der Waals surface area (Å²) in [4.78, 5) is 10.9. The average molecular weight is 288 g/mol. The molecule has 0 aromatic heterocycles. The standard InChI is InChI=1S/C10H11F5O2.C2H6/c1-6(2)7(16)17-5-9(11,12)8(3-4-8)10(13,14)15;1-2/h1,3-5H2,2H3;1-2H3. The highest BCUT2D eigenvalue weighted by Crippen LogP contribution is 2.65. The van der Waals surface area contributed by atoms with Gasteiger partial charge in [-0.15, -0.1) is 0 Å². The third-order valence-electron chi connectivity index (χ3n) is 2.73. The van der Waals surface area contributed by atoms with Crippen molar-refractivity contribution in [1.29, 1.82) is 0 Å². The lowest BCUT2D eigenvalue weighted by Crippen LogP contribution is -2.45. The molecule has 0 bridgehead atoms. The lowest BCUT2D eigenvalue weighted by atomic mass is 9.98. The molecule has 0 aliphatic heterocycles. The first-order valence-electron chi connectivity index (χ1n) is 5.81. The van der Waals surface area contributed by atoms with Crippen molar-refractivity contribution in [3.8, 4) is 0 Å². The zero-order valence-electron chi connectivity index (χ0n) is 11.0. The molecule has 1 aliphatic carbocycles. The lowest BCUT2D eigenvalue weighted by Gasteiger charge is -2.28. The zero-order valence-corrected chi connectivity index (χ0v) is 11.0. The highest BCUT2D eigenvalue weighted by atomic mass is 19.4. The minimum Gasteiger partial charge on any atom is -0.456 e. The second-order valence-electron chi connectivity index (χ2n) is 4.14. The van der Waals surface area contributed by atoms with Gasteiger partial charge in [0.05, 0.1) is 0 Å². The Morgan fingerprint density at radius 1 is 1.21 bits per heavy atom. The van der Waals surface area contributed by atoms with Crippen molar-refractivity contribution >= 4 is 5.97 Å². The zero-order chi connectivity index (χ0) is 15.5. The second-order valence-corrected chi connectivity index (χ2v) is 4.14. The van der Waals surface area contributed by atoms with E-state index in [0.717, 1.165) is 0 Å². The lowest BCUT2D eigenvalue weighted by molar-refractivity contribution is -0.266. The number of alkyl halides is 5. The van der Waals surface area contributed by atoms with Gasteiger partial charge in [-0.05, 0) is 19.8 Å². The van der Waals surface area contributed by atoms with Crippen LogP contribution in [0.5, 0.6) is 0 Å². The Morgan fingerprint density at radius 2 is 1.63 bits per heavy atom. The predicted molar refractivity (Wildman–Crippen MR) is 59.8 cm³/mol. The van der Waals surface area contributed by atoms with Crippen molar-refractivity contribution in [3.05, 3.63) is 12.2 Å². The fourth-order valence-corrected chi connectivity index (χ4v) is 1.40. The maximum absolute atomic E-state index is 13.4. The van der Waals surface area contributed by atoms with Gasteiger partial charge < -0.3 is 4.74 Å². The van der Waals surface area contributed by atoms with Crippen molar-refractivity contribution in [2.75, 3.05) is 6.61 Å². The number of halogens is 5. The van der Waals surface area contributed by atoms with Crippen LogP contribution in [0.15, 0.2) is 12.2 Å². The van der Waals surface area contributed by atoms with Gasteiger partial charge >= 0.3 is 12.1 Å². The first-order chi connectivity index (χ1) is 8.53. The largest absolute Gasteiger partial charge is 0.456 e. The minimum absolute atomic E-state index is 0.141. The summed E-state index contributed by atoms with van der Waals surface area (Å²) in [5.41, 5.74) is -3.17. The Labute approximate surface area is 108 Å². The van der Waals surface area contributed by atoms with Crippen LogP contribution in [0.1, 0.15) is 33.6 Å². The maximum atomic E-state index is 13.4. The van der Waals surface area contributed by atoms with E-state index in [1.165, 1.54) is 6.92 Å². The van der Waals surface area contributed by atoms with Crippen LogP contribution in [-0.4, -0.2) is 24.7 Å². The molecule has 0 unspecified atom stereocenters. The molecular weight excluding hydrogens is 271 g/mol. The first kappa shape index (κ1) is 17.9. The van der Waals surface area contributed by atoms with Gasteiger partial charge in [0.2, 0.25) is 0 Å². The molecule has 0 amide bonds. The Morgan fingerprint density at radius 3 is 1.89 bits per heavy atom. The van der Waals surface area contributed by atoms with Gasteiger partial charge in [0.25, 0.3) is 5.92 Å². The summed E-state index contributed by atoms with van der Waals surface area (Å²) in [5, 5.41) is 0. The summed E-state index contributed by atoms with van der Waals surface area (Å²) in [6, 6.07) is 0. The number of esters is 1. The van der Waals surface area contributed by atoms with Gasteiger partial charge in [0.1, 0.15) is 5.41 Å². The fourth-order valence-electron chi connectivity index (χ4n) is 1.40. The molecule has 0 atom stereocenters. The summed E-state index contributed by atoms with van der Waals surface area (Å²) >= 11 is 0. The van der Waals surface area contributed by atoms with E-state index in [-0.39, 0.29) is 5.57 Å². The molecule has 19 heavy (non-hydrogen) atoms. The van der Waals surface area contributed by atoms with E-state index in [0.29, 0.717) is 0 Å². The van der Waals surface area contributed by atoms with Gasteiger partial charge in [-0.25, -0.2) is 13.6 Å². The highest BCUT2D eigenvalue weighted by Gasteiger charge is 2.76. The Balaban J connectivity index is 0.00000154. The van der Waals surface area contributed by atoms with Crippen LogP contribution >= 0.6 is 0 Å². The summed E-state index contributed by atoms with van der Waals surface area (Å²) < 4.78 is 68.1. The van der Waals surface area contributed by atoms with Crippen molar-refractivity contribution in [3.63, 3.8) is 0 Å². The molecule has 1 rings (SSSR count). The molecule has 1 aliphatic rings. The van der Waals surface area contributed by atoms with E-state index >= 15 is 0 Å². The molecule has 7 heteroatoms. The van der Waals surface area contributed by atoms with Crippen LogP contribution in [0.25, 0.3) is 0 Å². The second kappa shape index (κ2) is 5.88. The number of ether oxygens (including phenoxy) is 1. The summed E-state index contributed by atoms with van der Waals surface area (Å²) in [5.74, 6) is -5.22. The smallest absolute Gasteiger partial charge is 0.400 e. The van der Waals surface area contributed by atoms with Crippen molar-refractivity contribution in [2.45, 2.75) is 45.7 Å². The highest BCUT2D eigenvalue weighted by molar-refractivity contribution is 5.86. The molecule has 2 nitrogen and oxygen atoms in total. The van der Waals surface area contributed by atoms with Crippen LogP contribution in [0.4, 0.5) is 22.0 Å². The van der Waals surface area contributed by atoms with Crippen LogP contribution in [0.3, 0.4) is 0 Å². The van der Waals surface area contributed by atoms with Gasteiger partial charge in [-0.3, -0.25) is 0 Å². The van der Waals surface area contributed by atoms with Crippen molar-refractivity contribution < 1.29 is 31.5 Å². The van der Waals surface area contributed by atoms with Crippen LogP contribution < -0.4 is 0 Å². The normalized spacial score (nSPS) is 17.1. The monoisotopic (exact) mass is 288 g/mol. The van der Waals surface area contributed by atoms with Crippen molar-refractivity contribution in [1.82, 2.24) is 0 Å². The molecule has 0 saturated heterocycles. The SMILES string of the molecule is C=C(C)C(=O)OCC(F)(F)C1(C(F)(F)F)CC1.CC. The van der Waals surface area contributed by atoms with E-state index in [4.69, 9.17) is 0 Å². The molecule has 0 radical (unpaired) electrons. The quantitative estimate of drug-likeness (QED) is 0.442. The number of carbonyl (C=O) groups is 1. The van der Waals surface area contributed by atoms with Gasteiger partial charge in [0.15, 0.2) is 6.61 Å². The Hall–Kier alpha value is -1.14. The number of hydrogen-bond acceptors (Lipinski definition) is 2. The summed E-state index contributed by atoms with van der Waals surface area (Å²) in [7, 11) is 0. The van der Waals surface area contributed by atoms with E-state index < -0.39 is 42.9 Å². The third-order valence-corrected chi connectivity index (χ3v) is 2.73. The molecule has 0 N–H and O–H groups in total. The van der Waals surface area contributed by atoms with Crippen molar-refractivity contribution in [2.24, 2.45) is 5.41 Å². The van der Waals surface area contributed by atoms with Crippen LogP contribution in [-0.2, 0) is 9.53 Å². The molecule has 112 valence electrons. The van der Waals surface area contributed by atoms with Gasteiger partial charge in [-0.1, -0.05) is 20.4 Å². The van der Waals surface area contributed by atoms with Gasteiger partial charge in [-0.2, -0.15) is 13.2 Å². The molecule has 0 aromatic rings. The fraction of sp³-hybridized carbons (Fsp3) is 0.750. The first-order valence-corrected chi connectivity index (χ1v) is 5.81. The Bertz CT molecular complexity index is 343. The van der Waals surface area contributed by atoms with Crippen LogP contribution in [0.2, 0.25) is 0 Å². The number of rotatable bonds is 4. The molecule has 0 heterocycles. The van der Waals surface area contributed by atoms with Crippen LogP contribution in [0, 0.1) is 5.41 Å².